The highest BCUT2D eigenvalue weighted by molar-refractivity contribution is 7.98. The molecule has 4 aromatic rings. The highest BCUT2D eigenvalue weighted by atomic mass is 32.2. The van der Waals surface area contributed by atoms with E-state index in [-0.39, 0.29) is 0 Å². The minimum Gasteiger partial charge on any atom is -0.508 e. The molecule has 5 rings (SSSR count). The maximum atomic E-state index is 9.31. The lowest BCUT2D eigenvalue weighted by molar-refractivity contribution is 0.430. The summed E-state index contributed by atoms with van der Waals surface area (Å²) in [4.78, 5) is 10.6. The fourth-order valence-corrected chi connectivity index (χ4v) is 4.97. The number of hydrogen-bond donors (Lipinski definition) is 1. The van der Waals surface area contributed by atoms with Crippen molar-refractivity contribution in [3.8, 4) is 5.75 Å². The molecule has 150 valence electrons. The molecule has 1 fully saturated rings. The van der Waals surface area contributed by atoms with Gasteiger partial charge in [0.15, 0.2) is 5.65 Å². The van der Waals surface area contributed by atoms with Gasteiger partial charge in [0.05, 0.1) is 4.21 Å². The number of thiophene rings is 1. The van der Waals surface area contributed by atoms with Gasteiger partial charge in [0.2, 0.25) is 0 Å². The maximum absolute atomic E-state index is 9.31. The minimum absolute atomic E-state index is 0.329. The summed E-state index contributed by atoms with van der Waals surface area (Å²) < 4.78 is 5.73. The smallest absolute Gasteiger partial charge is 0.158 e. The molecule has 4 heterocycles. The van der Waals surface area contributed by atoms with Crippen molar-refractivity contribution in [1.82, 2.24) is 18.8 Å². The second-order valence-corrected chi connectivity index (χ2v) is 8.99. The second kappa shape index (κ2) is 9.30. The van der Waals surface area contributed by atoms with Crippen molar-refractivity contribution in [2.24, 2.45) is 7.05 Å². The van der Waals surface area contributed by atoms with Crippen molar-refractivity contribution in [3.63, 3.8) is 0 Å². The van der Waals surface area contributed by atoms with Crippen LogP contribution in [0.15, 0.2) is 70.6 Å². The van der Waals surface area contributed by atoms with E-state index in [1.165, 1.54) is 9.90 Å². The average molecular weight is 426 g/mol. The number of fused-ring (bicyclic) bond motifs is 1. The molecule has 0 bridgehead atoms. The second-order valence-electron chi connectivity index (χ2n) is 6.65. The summed E-state index contributed by atoms with van der Waals surface area (Å²) in [5, 5.41) is 11.4. The summed E-state index contributed by atoms with van der Waals surface area (Å²) in [5.41, 5.74) is 3.08. The molecule has 0 aliphatic carbocycles. The molecule has 8 heteroatoms. The van der Waals surface area contributed by atoms with Gasteiger partial charge in [-0.2, -0.15) is 0 Å². The van der Waals surface area contributed by atoms with E-state index in [4.69, 9.17) is 0 Å². The van der Waals surface area contributed by atoms with Crippen LogP contribution in [0.2, 0.25) is 0 Å². The van der Waals surface area contributed by atoms with Gasteiger partial charge in [-0.15, -0.1) is 11.3 Å². The van der Waals surface area contributed by atoms with Gasteiger partial charge >= 0.3 is 0 Å². The Morgan fingerprint density at radius 1 is 0.966 bits per heavy atom. The van der Waals surface area contributed by atoms with E-state index in [2.05, 4.69) is 36.7 Å². The van der Waals surface area contributed by atoms with E-state index in [1.807, 2.05) is 48.0 Å². The number of benzene rings is 1. The Morgan fingerprint density at radius 3 is 2.41 bits per heavy atom. The minimum atomic E-state index is 0.329. The number of phenolic OH excluding ortho intramolecular Hbond substituents is 1. The number of rotatable bonds is 3. The predicted octanol–water partition coefficient (Wildman–Crippen LogP) is 4.25. The molecule has 0 unspecified atom stereocenters. The van der Waals surface area contributed by atoms with Crippen LogP contribution in [0.5, 0.6) is 5.75 Å². The van der Waals surface area contributed by atoms with Crippen LogP contribution in [0.1, 0.15) is 0 Å². The molecule has 1 aromatic carbocycles. The maximum Gasteiger partial charge on any atom is 0.158 e. The number of aromatic hydroxyl groups is 1. The molecule has 3 aromatic heterocycles. The number of aryl methyl sites for hydroxylation is 1. The van der Waals surface area contributed by atoms with E-state index in [0.717, 1.165) is 37.3 Å². The largest absolute Gasteiger partial charge is 0.508 e. The van der Waals surface area contributed by atoms with Gasteiger partial charge in [-0.3, -0.25) is 4.98 Å². The fourth-order valence-electron chi connectivity index (χ4n) is 3.13. The molecular formula is C21H23N5OS2. The first-order valence-electron chi connectivity index (χ1n) is 9.41. The van der Waals surface area contributed by atoms with E-state index in [9.17, 15) is 5.11 Å². The van der Waals surface area contributed by atoms with Crippen LogP contribution >= 0.6 is 23.3 Å². The molecule has 0 amide bonds. The Morgan fingerprint density at radius 2 is 1.72 bits per heavy atom. The summed E-state index contributed by atoms with van der Waals surface area (Å²) in [5.74, 6) is 0.329. The Bertz CT molecular complexity index is 1020. The molecule has 6 nitrogen and oxygen atoms in total. The SMILES string of the molecule is Cn1ccc2nccnc21.Oc1ccc(N2CCN(Sc3cccs3)CC2)cc1. The quantitative estimate of drug-likeness (QED) is 0.495. The molecular weight excluding hydrogens is 402 g/mol. The lowest BCUT2D eigenvalue weighted by Crippen LogP contribution is -2.43. The van der Waals surface area contributed by atoms with Gasteiger partial charge in [0.1, 0.15) is 11.3 Å². The van der Waals surface area contributed by atoms with Crippen molar-refractivity contribution in [2.75, 3.05) is 31.1 Å². The van der Waals surface area contributed by atoms with Crippen LogP contribution < -0.4 is 4.90 Å². The van der Waals surface area contributed by atoms with E-state index in [1.54, 1.807) is 35.9 Å². The third kappa shape index (κ3) is 5.09. The molecule has 0 spiro atoms. The third-order valence-corrected chi connectivity index (χ3v) is 6.78. The first-order valence-corrected chi connectivity index (χ1v) is 11.1. The van der Waals surface area contributed by atoms with Crippen LogP contribution in [-0.2, 0) is 7.05 Å². The van der Waals surface area contributed by atoms with Crippen LogP contribution in [0.25, 0.3) is 11.2 Å². The summed E-state index contributed by atoms with van der Waals surface area (Å²) in [6.45, 7) is 4.18. The van der Waals surface area contributed by atoms with Crippen molar-refractivity contribution in [3.05, 3.63) is 66.4 Å². The molecule has 1 saturated heterocycles. The number of aromatic nitrogens is 3. The van der Waals surface area contributed by atoms with E-state index < -0.39 is 0 Å². The number of nitrogens with zero attached hydrogens (tertiary/aromatic N) is 5. The summed E-state index contributed by atoms with van der Waals surface area (Å²) >= 11 is 3.65. The van der Waals surface area contributed by atoms with Crippen molar-refractivity contribution >= 4 is 40.1 Å². The fraction of sp³-hybridized carbons (Fsp3) is 0.238. The Kier molecular flexibility index (Phi) is 6.33. The first kappa shape index (κ1) is 19.8. The van der Waals surface area contributed by atoms with Crippen molar-refractivity contribution in [1.29, 1.82) is 0 Å². The third-order valence-electron chi connectivity index (χ3n) is 4.66. The number of hydrogen-bond acceptors (Lipinski definition) is 7. The van der Waals surface area contributed by atoms with Gasteiger partial charge in [0, 0.05) is 57.5 Å². The van der Waals surface area contributed by atoms with Crippen LogP contribution in [0.3, 0.4) is 0 Å². The van der Waals surface area contributed by atoms with Crippen LogP contribution in [-0.4, -0.2) is 50.1 Å². The monoisotopic (exact) mass is 425 g/mol. The van der Waals surface area contributed by atoms with Crippen molar-refractivity contribution in [2.45, 2.75) is 4.21 Å². The zero-order valence-electron chi connectivity index (χ0n) is 16.2. The number of anilines is 1. The van der Waals surface area contributed by atoms with Gasteiger partial charge in [0.25, 0.3) is 0 Å². The lowest BCUT2D eigenvalue weighted by Gasteiger charge is -2.35. The summed E-state index contributed by atoms with van der Waals surface area (Å²) in [6.07, 6.45) is 5.34. The van der Waals surface area contributed by atoms with Gasteiger partial charge in [-0.1, -0.05) is 6.07 Å². The first-order chi connectivity index (χ1) is 14.2. The molecule has 1 aliphatic rings. The van der Waals surface area contributed by atoms with Crippen LogP contribution in [0.4, 0.5) is 5.69 Å². The Labute approximate surface area is 178 Å². The van der Waals surface area contributed by atoms with E-state index in [0.29, 0.717) is 5.75 Å². The number of piperazine rings is 1. The Balaban J connectivity index is 0.000000171. The van der Waals surface area contributed by atoms with Gasteiger partial charge < -0.3 is 14.6 Å². The zero-order valence-corrected chi connectivity index (χ0v) is 17.8. The summed E-state index contributed by atoms with van der Waals surface area (Å²) in [6, 6.07) is 13.7. The molecule has 1 N–H and O–H groups in total. The number of phenols is 1. The van der Waals surface area contributed by atoms with Gasteiger partial charge in [-0.05, 0) is 53.7 Å². The van der Waals surface area contributed by atoms with E-state index >= 15 is 0 Å². The highest BCUT2D eigenvalue weighted by Gasteiger charge is 2.18. The normalized spacial score (nSPS) is 14.6. The Hall–Kier alpha value is -2.55. The molecule has 29 heavy (non-hydrogen) atoms. The molecule has 0 radical (unpaired) electrons. The van der Waals surface area contributed by atoms with Crippen molar-refractivity contribution < 1.29 is 5.11 Å². The highest BCUT2D eigenvalue weighted by Crippen LogP contribution is 2.29. The topological polar surface area (TPSA) is 57.4 Å². The molecule has 0 atom stereocenters. The van der Waals surface area contributed by atoms with Gasteiger partial charge in [-0.25, -0.2) is 9.29 Å². The lowest BCUT2D eigenvalue weighted by atomic mass is 10.2. The molecule has 0 saturated carbocycles. The molecule has 1 aliphatic heterocycles. The summed E-state index contributed by atoms with van der Waals surface area (Å²) in [7, 11) is 1.96. The standard InChI is InChI=1S/C14H16N2OS2.C7H7N3/c17-13-5-3-12(4-6-13)15-7-9-16(10-8-15)19-14-2-1-11-18-14;1-10-5-2-6-7(10)9-4-3-8-6/h1-6,11,17H,7-10H2;2-5H,1H3. The zero-order chi connectivity index (χ0) is 20.1. The van der Waals surface area contributed by atoms with Crippen LogP contribution in [0, 0.1) is 0 Å². The predicted molar refractivity (Wildman–Crippen MR) is 121 cm³/mol. The average Bonchev–Trinajstić information content (AvgIpc) is 3.40.